The van der Waals surface area contributed by atoms with Gasteiger partial charge in [-0.3, -0.25) is 0 Å². The number of carbonyl (C=O) groups excluding carboxylic acids is 2. The van der Waals surface area contributed by atoms with Crippen molar-refractivity contribution in [3.63, 3.8) is 0 Å². The number of ether oxygens (including phenoxy) is 2. The van der Waals surface area contributed by atoms with Crippen molar-refractivity contribution in [1.29, 1.82) is 0 Å². The molecule has 0 aromatic rings. The van der Waals surface area contributed by atoms with Crippen molar-refractivity contribution in [2.75, 3.05) is 6.61 Å². The van der Waals surface area contributed by atoms with Crippen molar-refractivity contribution in [3.05, 3.63) is 0 Å². The van der Waals surface area contributed by atoms with Crippen LogP contribution in [0, 0.1) is 0 Å². The van der Waals surface area contributed by atoms with E-state index < -0.39 is 17.7 Å². The summed E-state index contributed by atoms with van der Waals surface area (Å²) < 4.78 is 10.3. The second-order valence-electron chi connectivity index (χ2n) is 5.86. The first-order valence-electron chi connectivity index (χ1n) is 7.46. The van der Waals surface area contributed by atoms with E-state index in [2.05, 4.69) is 12.2 Å². The number of hydrogen-bond donors (Lipinski definition) is 1. The number of rotatable bonds is 8. The van der Waals surface area contributed by atoms with Crippen LogP contribution in [0.4, 0.5) is 4.79 Å². The Kier molecular flexibility index (Phi) is 9.01. The van der Waals surface area contributed by atoms with Gasteiger partial charge in [0.05, 0.1) is 6.61 Å². The molecule has 0 aliphatic heterocycles. The zero-order valence-electron chi connectivity index (χ0n) is 13.5. The molecule has 0 aliphatic rings. The Morgan fingerprint density at radius 1 is 1.10 bits per heavy atom. The minimum atomic E-state index is -0.622. The number of esters is 1. The van der Waals surface area contributed by atoms with Crippen LogP contribution in [0.3, 0.4) is 0 Å². The minimum absolute atomic E-state index is 0.374. The average Bonchev–Trinajstić information content (AvgIpc) is 2.32. The van der Waals surface area contributed by atoms with Gasteiger partial charge in [-0.1, -0.05) is 33.1 Å². The van der Waals surface area contributed by atoms with Gasteiger partial charge in [0.2, 0.25) is 0 Å². The van der Waals surface area contributed by atoms with E-state index in [-0.39, 0.29) is 5.97 Å². The Morgan fingerprint density at radius 3 is 2.25 bits per heavy atom. The number of nitrogens with one attached hydrogen (secondary N) is 1. The molecule has 1 amide bonds. The molecule has 5 nitrogen and oxygen atoms in total. The molecule has 118 valence electrons. The van der Waals surface area contributed by atoms with Crippen molar-refractivity contribution >= 4 is 12.1 Å². The van der Waals surface area contributed by atoms with E-state index in [9.17, 15) is 9.59 Å². The second kappa shape index (κ2) is 9.61. The molecule has 0 fully saturated rings. The first kappa shape index (κ1) is 18.7. The molecular formula is C15H29NO4. The Hall–Kier alpha value is -1.26. The number of carbonyl (C=O) groups is 2. The number of amides is 1. The second-order valence-corrected chi connectivity index (χ2v) is 5.86. The molecule has 20 heavy (non-hydrogen) atoms. The van der Waals surface area contributed by atoms with Crippen molar-refractivity contribution < 1.29 is 19.1 Å². The molecule has 0 rings (SSSR count). The fraction of sp³-hybridized carbons (Fsp3) is 0.867. The van der Waals surface area contributed by atoms with E-state index >= 15 is 0 Å². The van der Waals surface area contributed by atoms with Crippen molar-refractivity contribution in [1.82, 2.24) is 5.32 Å². The number of unbranched alkanes of at least 4 members (excludes halogenated alkanes) is 2. The van der Waals surface area contributed by atoms with Crippen LogP contribution in [0.5, 0.6) is 0 Å². The lowest BCUT2D eigenvalue weighted by atomic mass is 10.1. The zero-order valence-corrected chi connectivity index (χ0v) is 13.5. The largest absolute Gasteiger partial charge is 0.464 e. The van der Waals surface area contributed by atoms with Crippen molar-refractivity contribution in [2.24, 2.45) is 0 Å². The zero-order chi connectivity index (χ0) is 15.6. The summed E-state index contributed by atoms with van der Waals surface area (Å²) in [4.78, 5) is 23.6. The molecule has 5 heteroatoms. The molecule has 0 saturated carbocycles. The highest BCUT2D eigenvalue weighted by Crippen LogP contribution is 2.09. The van der Waals surface area contributed by atoms with Gasteiger partial charge in [-0.25, -0.2) is 9.59 Å². The fourth-order valence-electron chi connectivity index (χ4n) is 1.60. The minimum Gasteiger partial charge on any atom is -0.464 e. The lowest BCUT2D eigenvalue weighted by Gasteiger charge is -2.23. The van der Waals surface area contributed by atoms with E-state index in [0.29, 0.717) is 13.0 Å². The Morgan fingerprint density at radius 2 is 1.75 bits per heavy atom. The topological polar surface area (TPSA) is 64.6 Å². The van der Waals surface area contributed by atoms with Gasteiger partial charge in [0.1, 0.15) is 11.6 Å². The van der Waals surface area contributed by atoms with Crippen LogP contribution in [0.2, 0.25) is 0 Å². The summed E-state index contributed by atoms with van der Waals surface area (Å²) in [6.45, 7) is 9.75. The van der Waals surface area contributed by atoms with Crippen molar-refractivity contribution in [2.45, 2.75) is 78.4 Å². The Bertz CT molecular complexity index is 297. The maximum absolute atomic E-state index is 11.9. The molecule has 0 unspecified atom stereocenters. The summed E-state index contributed by atoms with van der Waals surface area (Å²) in [6, 6.07) is -0.622. The van der Waals surface area contributed by atoms with Gasteiger partial charge in [0.15, 0.2) is 0 Å². The maximum atomic E-state index is 11.9. The van der Waals surface area contributed by atoms with Gasteiger partial charge in [0, 0.05) is 0 Å². The van der Waals surface area contributed by atoms with Gasteiger partial charge >= 0.3 is 12.1 Å². The van der Waals surface area contributed by atoms with Gasteiger partial charge in [-0.05, 0) is 33.6 Å². The molecule has 0 aromatic carbocycles. The third kappa shape index (κ3) is 9.64. The first-order valence-corrected chi connectivity index (χ1v) is 7.46. The van der Waals surface area contributed by atoms with E-state index in [1.165, 1.54) is 0 Å². The molecule has 0 saturated heterocycles. The Balaban J connectivity index is 4.43. The molecular weight excluding hydrogens is 258 g/mol. The van der Waals surface area contributed by atoms with E-state index in [4.69, 9.17) is 9.47 Å². The smallest absolute Gasteiger partial charge is 0.408 e. The highest BCUT2D eigenvalue weighted by atomic mass is 16.6. The average molecular weight is 287 g/mol. The van der Waals surface area contributed by atoms with Gasteiger partial charge in [-0.2, -0.15) is 0 Å². The van der Waals surface area contributed by atoms with Crippen LogP contribution in [-0.4, -0.2) is 30.3 Å². The fourth-order valence-corrected chi connectivity index (χ4v) is 1.60. The van der Waals surface area contributed by atoms with E-state index in [1.807, 2.05) is 6.92 Å². The van der Waals surface area contributed by atoms with Crippen LogP contribution in [0.1, 0.15) is 66.7 Å². The third-order valence-electron chi connectivity index (χ3n) is 2.52. The van der Waals surface area contributed by atoms with E-state index in [0.717, 1.165) is 25.7 Å². The standard InChI is InChI=1S/C15H29NO4/c1-6-8-9-10-12(13(17)19-11-7-2)16-14(18)20-15(3,4)5/h12H,6-11H2,1-5H3,(H,16,18)/t12-/m0/s1. The van der Waals surface area contributed by atoms with Gasteiger partial charge < -0.3 is 14.8 Å². The van der Waals surface area contributed by atoms with Gasteiger partial charge in [0.25, 0.3) is 0 Å². The molecule has 1 atom stereocenters. The molecule has 0 heterocycles. The molecule has 1 N–H and O–H groups in total. The van der Waals surface area contributed by atoms with Crippen LogP contribution in [-0.2, 0) is 14.3 Å². The number of alkyl carbamates (subject to hydrolysis) is 1. The summed E-state index contributed by atoms with van der Waals surface area (Å²) in [5.74, 6) is -0.381. The monoisotopic (exact) mass is 287 g/mol. The normalized spacial score (nSPS) is 12.7. The van der Waals surface area contributed by atoms with Crippen LogP contribution < -0.4 is 5.32 Å². The van der Waals surface area contributed by atoms with E-state index in [1.54, 1.807) is 20.8 Å². The summed E-state index contributed by atoms with van der Waals surface area (Å²) in [6.07, 6.45) is 3.72. The third-order valence-corrected chi connectivity index (χ3v) is 2.52. The summed E-state index contributed by atoms with van der Waals surface area (Å²) >= 11 is 0. The van der Waals surface area contributed by atoms with Crippen LogP contribution in [0.25, 0.3) is 0 Å². The Labute approximate surface area is 122 Å². The van der Waals surface area contributed by atoms with Crippen LogP contribution in [0.15, 0.2) is 0 Å². The summed E-state index contributed by atoms with van der Waals surface area (Å²) in [5.41, 5.74) is -0.578. The molecule has 0 bridgehead atoms. The highest BCUT2D eigenvalue weighted by Gasteiger charge is 2.24. The predicted molar refractivity (Wildman–Crippen MR) is 78.5 cm³/mol. The quantitative estimate of drug-likeness (QED) is 0.549. The predicted octanol–water partition coefficient (Wildman–Crippen LogP) is 3.41. The molecule has 0 aromatic heterocycles. The highest BCUT2D eigenvalue weighted by molar-refractivity contribution is 5.81. The van der Waals surface area contributed by atoms with Gasteiger partial charge in [-0.15, -0.1) is 0 Å². The molecule has 0 aliphatic carbocycles. The number of hydrogen-bond acceptors (Lipinski definition) is 4. The van der Waals surface area contributed by atoms with Crippen LogP contribution >= 0.6 is 0 Å². The first-order chi connectivity index (χ1) is 9.30. The molecule has 0 radical (unpaired) electrons. The lowest BCUT2D eigenvalue weighted by molar-refractivity contribution is -0.146. The maximum Gasteiger partial charge on any atom is 0.408 e. The summed E-state index contributed by atoms with van der Waals surface area (Å²) in [5, 5.41) is 2.61. The van der Waals surface area contributed by atoms with Crippen molar-refractivity contribution in [3.8, 4) is 0 Å². The molecule has 0 spiro atoms. The SMILES string of the molecule is CCCCC[C@H](NC(=O)OC(C)(C)C)C(=O)OCCC. The lowest BCUT2D eigenvalue weighted by Crippen LogP contribution is -2.44. The summed E-state index contributed by atoms with van der Waals surface area (Å²) in [7, 11) is 0.